The van der Waals surface area contributed by atoms with Crippen molar-refractivity contribution >= 4 is 5.82 Å². The van der Waals surface area contributed by atoms with Crippen LogP contribution in [0.2, 0.25) is 0 Å². The first-order chi connectivity index (χ1) is 9.25. The molecular formula is C14H24N4O. The molecule has 1 saturated heterocycles. The highest BCUT2D eigenvalue weighted by atomic mass is 16.1. The zero-order valence-corrected chi connectivity index (χ0v) is 12.1. The highest BCUT2D eigenvalue weighted by molar-refractivity contribution is 5.47. The number of fused-ring (bicyclic) bond motifs is 1. The van der Waals surface area contributed by atoms with Crippen molar-refractivity contribution in [2.75, 3.05) is 31.6 Å². The second-order valence-electron chi connectivity index (χ2n) is 4.97. The predicted molar refractivity (Wildman–Crippen MR) is 78.0 cm³/mol. The maximum absolute atomic E-state index is 12.0. The van der Waals surface area contributed by atoms with Crippen LogP contribution in [0.3, 0.4) is 0 Å². The van der Waals surface area contributed by atoms with Gasteiger partial charge < -0.3 is 15.2 Å². The summed E-state index contributed by atoms with van der Waals surface area (Å²) in [4.78, 5) is 21.8. The van der Waals surface area contributed by atoms with Gasteiger partial charge in [-0.25, -0.2) is 4.98 Å². The lowest BCUT2D eigenvalue weighted by molar-refractivity contribution is 0.662. The van der Waals surface area contributed by atoms with Crippen LogP contribution >= 0.6 is 0 Å². The van der Waals surface area contributed by atoms with Crippen LogP contribution in [0, 0.1) is 0 Å². The molecule has 0 aromatic carbocycles. The van der Waals surface area contributed by atoms with E-state index < -0.39 is 0 Å². The van der Waals surface area contributed by atoms with Gasteiger partial charge in [-0.1, -0.05) is 13.8 Å². The SMILES string of the molecule is CC.CN1CCCc2c1nc(C1CCNC1)[nH]c2=O. The monoisotopic (exact) mass is 264 g/mol. The number of anilines is 1. The van der Waals surface area contributed by atoms with Crippen molar-refractivity contribution < 1.29 is 0 Å². The van der Waals surface area contributed by atoms with E-state index in [-0.39, 0.29) is 5.56 Å². The second kappa shape index (κ2) is 6.19. The largest absolute Gasteiger partial charge is 0.359 e. The molecule has 5 heteroatoms. The van der Waals surface area contributed by atoms with Gasteiger partial charge in [0.05, 0.1) is 5.56 Å². The quantitative estimate of drug-likeness (QED) is 0.801. The normalized spacial score (nSPS) is 21.6. The van der Waals surface area contributed by atoms with E-state index in [1.807, 2.05) is 20.9 Å². The average Bonchev–Trinajstić information content (AvgIpc) is 2.96. The molecule has 0 aliphatic carbocycles. The summed E-state index contributed by atoms with van der Waals surface area (Å²) in [6.45, 7) is 6.93. The van der Waals surface area contributed by atoms with E-state index in [2.05, 4.69) is 20.2 Å². The molecule has 1 aromatic rings. The predicted octanol–water partition coefficient (Wildman–Crippen LogP) is 1.26. The summed E-state index contributed by atoms with van der Waals surface area (Å²) >= 11 is 0. The zero-order valence-electron chi connectivity index (χ0n) is 12.1. The van der Waals surface area contributed by atoms with Gasteiger partial charge in [-0.2, -0.15) is 0 Å². The Morgan fingerprint density at radius 2 is 2.16 bits per heavy atom. The average molecular weight is 264 g/mol. The lowest BCUT2D eigenvalue weighted by Gasteiger charge is -2.26. The van der Waals surface area contributed by atoms with Crippen molar-refractivity contribution in [1.82, 2.24) is 15.3 Å². The van der Waals surface area contributed by atoms with Crippen LogP contribution in [0.25, 0.3) is 0 Å². The zero-order chi connectivity index (χ0) is 13.8. The molecule has 106 valence electrons. The summed E-state index contributed by atoms with van der Waals surface area (Å²) in [7, 11) is 2.01. The van der Waals surface area contributed by atoms with Gasteiger partial charge in [-0.15, -0.1) is 0 Å². The highest BCUT2D eigenvalue weighted by Crippen LogP contribution is 2.24. The van der Waals surface area contributed by atoms with E-state index in [1.54, 1.807) is 0 Å². The first-order valence-corrected chi connectivity index (χ1v) is 7.30. The Balaban J connectivity index is 0.000000637. The molecule has 2 aliphatic rings. The number of aromatic amines is 1. The van der Waals surface area contributed by atoms with Gasteiger partial charge in [0.15, 0.2) is 0 Å². The van der Waals surface area contributed by atoms with Gasteiger partial charge in [0, 0.05) is 26.1 Å². The summed E-state index contributed by atoms with van der Waals surface area (Å²) < 4.78 is 0. The lowest BCUT2D eigenvalue weighted by atomic mass is 10.1. The summed E-state index contributed by atoms with van der Waals surface area (Å²) in [5.74, 6) is 2.11. The molecule has 1 unspecified atom stereocenters. The van der Waals surface area contributed by atoms with Crippen LogP contribution < -0.4 is 15.8 Å². The fourth-order valence-corrected chi connectivity index (χ4v) is 2.72. The molecule has 1 atom stereocenters. The number of hydrogen-bond donors (Lipinski definition) is 2. The molecule has 2 N–H and O–H groups in total. The van der Waals surface area contributed by atoms with E-state index in [0.717, 1.165) is 56.1 Å². The molecule has 1 aromatic heterocycles. The van der Waals surface area contributed by atoms with E-state index in [0.29, 0.717) is 5.92 Å². The Morgan fingerprint density at radius 1 is 1.37 bits per heavy atom. The van der Waals surface area contributed by atoms with Crippen LogP contribution in [0.15, 0.2) is 4.79 Å². The molecule has 0 amide bonds. The molecule has 5 nitrogen and oxygen atoms in total. The molecule has 1 fully saturated rings. The molecule has 3 heterocycles. The van der Waals surface area contributed by atoms with Crippen molar-refractivity contribution in [2.45, 2.75) is 39.0 Å². The Bertz CT molecular complexity index is 477. The third-order valence-corrected chi connectivity index (χ3v) is 3.74. The number of hydrogen-bond acceptors (Lipinski definition) is 4. The summed E-state index contributed by atoms with van der Waals surface area (Å²) in [6.07, 6.45) is 2.95. The summed E-state index contributed by atoms with van der Waals surface area (Å²) in [5, 5.41) is 3.31. The topological polar surface area (TPSA) is 61.0 Å². The minimum atomic E-state index is 0.0588. The minimum Gasteiger partial charge on any atom is -0.359 e. The van der Waals surface area contributed by atoms with E-state index >= 15 is 0 Å². The van der Waals surface area contributed by atoms with Crippen molar-refractivity contribution in [2.24, 2.45) is 0 Å². The molecule has 19 heavy (non-hydrogen) atoms. The standard InChI is InChI=1S/C12H18N4O.C2H6/c1-16-6-2-3-9-11(16)14-10(15-12(9)17)8-4-5-13-7-8;1-2/h8,13H,2-7H2,1H3,(H,14,15,17);1-2H3. The third kappa shape index (κ3) is 2.81. The Kier molecular flexibility index (Phi) is 4.58. The van der Waals surface area contributed by atoms with E-state index in [9.17, 15) is 4.79 Å². The van der Waals surface area contributed by atoms with Crippen LogP contribution in [-0.2, 0) is 6.42 Å². The van der Waals surface area contributed by atoms with Crippen LogP contribution in [0.5, 0.6) is 0 Å². The van der Waals surface area contributed by atoms with Crippen LogP contribution in [0.1, 0.15) is 44.0 Å². The maximum atomic E-state index is 12.0. The van der Waals surface area contributed by atoms with Crippen molar-refractivity contribution in [3.05, 3.63) is 21.7 Å². The van der Waals surface area contributed by atoms with Crippen molar-refractivity contribution in [3.63, 3.8) is 0 Å². The molecule has 2 aliphatic heterocycles. The molecule has 0 radical (unpaired) electrons. The first-order valence-electron chi connectivity index (χ1n) is 7.30. The number of rotatable bonds is 1. The number of nitrogens with zero attached hydrogens (tertiary/aromatic N) is 2. The van der Waals surface area contributed by atoms with Gasteiger partial charge >= 0.3 is 0 Å². The molecule has 0 spiro atoms. The van der Waals surface area contributed by atoms with E-state index in [4.69, 9.17) is 0 Å². The summed E-state index contributed by atoms with van der Waals surface area (Å²) in [5.41, 5.74) is 0.914. The third-order valence-electron chi connectivity index (χ3n) is 3.74. The van der Waals surface area contributed by atoms with Gasteiger partial charge in [-0.05, 0) is 25.8 Å². The van der Waals surface area contributed by atoms with Crippen molar-refractivity contribution in [1.29, 1.82) is 0 Å². The lowest BCUT2D eigenvalue weighted by Crippen LogP contribution is -2.32. The minimum absolute atomic E-state index is 0.0588. The maximum Gasteiger partial charge on any atom is 0.256 e. The number of H-pyrrole nitrogens is 1. The summed E-state index contributed by atoms with van der Waals surface area (Å²) in [6, 6.07) is 0. The number of aromatic nitrogens is 2. The first kappa shape index (κ1) is 14.1. The molecule has 3 rings (SSSR count). The fraction of sp³-hybridized carbons (Fsp3) is 0.714. The Labute approximate surface area is 114 Å². The van der Waals surface area contributed by atoms with Gasteiger partial charge in [0.1, 0.15) is 11.6 Å². The molecule has 0 saturated carbocycles. The number of nitrogens with one attached hydrogen (secondary N) is 2. The van der Waals surface area contributed by atoms with Crippen LogP contribution in [-0.4, -0.2) is 36.6 Å². The second-order valence-corrected chi connectivity index (χ2v) is 4.97. The Morgan fingerprint density at radius 3 is 2.84 bits per heavy atom. The smallest absolute Gasteiger partial charge is 0.256 e. The fourth-order valence-electron chi connectivity index (χ4n) is 2.72. The molecule has 0 bridgehead atoms. The van der Waals surface area contributed by atoms with Gasteiger partial charge in [-0.3, -0.25) is 4.79 Å². The molecular weight excluding hydrogens is 240 g/mol. The highest BCUT2D eigenvalue weighted by Gasteiger charge is 2.24. The van der Waals surface area contributed by atoms with Crippen LogP contribution in [0.4, 0.5) is 5.82 Å². The van der Waals surface area contributed by atoms with Gasteiger partial charge in [0.2, 0.25) is 0 Å². The Hall–Kier alpha value is -1.36. The van der Waals surface area contributed by atoms with E-state index in [1.165, 1.54) is 0 Å². The van der Waals surface area contributed by atoms with Crippen molar-refractivity contribution in [3.8, 4) is 0 Å². The van der Waals surface area contributed by atoms with Gasteiger partial charge in [0.25, 0.3) is 5.56 Å².